The maximum absolute atomic E-state index is 12.5. The number of halogens is 2. The topological polar surface area (TPSA) is 43.1 Å². The highest BCUT2D eigenvalue weighted by molar-refractivity contribution is 6.44. The number of carbonyl (C=O) groups excluding carboxylic acids is 1. The summed E-state index contributed by atoms with van der Waals surface area (Å²) in [4.78, 5) is 12.5. The Balaban J connectivity index is 2.27. The fourth-order valence-electron chi connectivity index (χ4n) is 2.07. The van der Waals surface area contributed by atoms with E-state index in [4.69, 9.17) is 28.9 Å². The van der Waals surface area contributed by atoms with E-state index in [2.05, 4.69) is 0 Å². The zero-order valence-electron chi connectivity index (χ0n) is 11.0. The Bertz CT molecular complexity index is 613. The quantitative estimate of drug-likeness (QED) is 0.844. The van der Waals surface area contributed by atoms with Crippen molar-refractivity contribution in [3.63, 3.8) is 0 Å². The molecule has 20 heavy (non-hydrogen) atoms. The lowest BCUT2D eigenvalue weighted by Crippen LogP contribution is -2.26. The van der Waals surface area contributed by atoms with Crippen LogP contribution in [-0.2, 0) is 0 Å². The van der Waals surface area contributed by atoms with Gasteiger partial charge in [-0.15, -0.1) is 0 Å². The maximum atomic E-state index is 12.5. The van der Waals surface area contributed by atoms with E-state index >= 15 is 0 Å². The predicted octanol–water partition coefficient (Wildman–Crippen LogP) is 4.51. The smallest absolute Gasteiger partial charge is 0.169 e. The van der Waals surface area contributed by atoms with Gasteiger partial charge in [-0.05, 0) is 17.7 Å². The first-order valence-corrected chi connectivity index (χ1v) is 7.06. The maximum Gasteiger partial charge on any atom is 0.169 e. The average Bonchev–Trinajstić information content (AvgIpc) is 2.48. The lowest BCUT2D eigenvalue weighted by Gasteiger charge is -2.20. The van der Waals surface area contributed by atoms with E-state index in [-0.39, 0.29) is 22.8 Å². The molecule has 4 heteroatoms. The summed E-state index contributed by atoms with van der Waals surface area (Å²) in [5, 5.41) is 0.657. The van der Waals surface area contributed by atoms with Crippen LogP contribution in [0.4, 0.5) is 0 Å². The monoisotopic (exact) mass is 307 g/mol. The first-order valence-electron chi connectivity index (χ1n) is 6.31. The van der Waals surface area contributed by atoms with Crippen molar-refractivity contribution < 1.29 is 4.79 Å². The molecule has 0 radical (unpaired) electrons. The molecule has 0 saturated heterocycles. The minimum atomic E-state index is -0.381. The molecule has 104 valence electrons. The van der Waals surface area contributed by atoms with Gasteiger partial charge >= 0.3 is 0 Å². The Kier molecular flexibility index (Phi) is 4.81. The van der Waals surface area contributed by atoms with Gasteiger partial charge in [-0.3, -0.25) is 4.79 Å². The second-order valence-electron chi connectivity index (χ2n) is 4.69. The third-order valence-corrected chi connectivity index (χ3v) is 4.17. The van der Waals surface area contributed by atoms with Crippen LogP contribution >= 0.6 is 23.2 Å². The average molecular weight is 308 g/mol. The van der Waals surface area contributed by atoms with Crippen molar-refractivity contribution in [2.75, 3.05) is 0 Å². The largest absolute Gasteiger partial charge is 0.323 e. The fraction of sp³-hybridized carbons (Fsp3) is 0.188. The normalized spacial score (nSPS) is 13.8. The Labute approximate surface area is 128 Å². The lowest BCUT2D eigenvalue weighted by atomic mass is 9.89. The Morgan fingerprint density at radius 1 is 1.05 bits per heavy atom. The van der Waals surface area contributed by atoms with E-state index in [9.17, 15) is 4.79 Å². The van der Waals surface area contributed by atoms with Crippen LogP contribution in [0.15, 0.2) is 48.5 Å². The molecular formula is C16H15Cl2NO. The van der Waals surface area contributed by atoms with Crippen LogP contribution in [0.2, 0.25) is 10.0 Å². The third kappa shape index (κ3) is 3.04. The van der Waals surface area contributed by atoms with Gasteiger partial charge in [0, 0.05) is 17.5 Å². The summed E-state index contributed by atoms with van der Waals surface area (Å²) in [7, 11) is 0. The van der Waals surface area contributed by atoms with Gasteiger partial charge in [0.25, 0.3) is 0 Å². The molecule has 2 aromatic rings. The second-order valence-corrected chi connectivity index (χ2v) is 5.48. The van der Waals surface area contributed by atoms with Gasteiger partial charge < -0.3 is 5.73 Å². The van der Waals surface area contributed by atoms with Gasteiger partial charge in [0.2, 0.25) is 0 Å². The van der Waals surface area contributed by atoms with Crippen molar-refractivity contribution in [3.05, 3.63) is 69.7 Å². The summed E-state index contributed by atoms with van der Waals surface area (Å²) >= 11 is 12.0. The molecule has 0 spiro atoms. The number of hydrogen-bond donors (Lipinski definition) is 1. The highest BCUT2D eigenvalue weighted by Crippen LogP contribution is 2.30. The third-order valence-electron chi connectivity index (χ3n) is 3.35. The molecule has 0 fully saturated rings. The number of carbonyl (C=O) groups is 1. The molecule has 0 aromatic heterocycles. The molecule has 0 aliphatic heterocycles. The Hall–Kier alpha value is -1.35. The molecule has 0 aliphatic rings. The number of Topliss-reactive ketones (excluding diaryl/α,β-unsaturated/α-hetero) is 1. The summed E-state index contributed by atoms with van der Waals surface area (Å²) in [5.74, 6) is -0.484. The molecule has 2 nitrogen and oxygen atoms in total. The SMILES string of the molecule is CC(C(=O)c1cccc(Cl)c1Cl)C(N)c1ccccc1. The number of benzene rings is 2. The first kappa shape index (κ1) is 15.0. The van der Waals surface area contributed by atoms with Gasteiger partial charge in [-0.25, -0.2) is 0 Å². The molecule has 2 aromatic carbocycles. The van der Waals surface area contributed by atoms with Crippen LogP contribution in [0, 0.1) is 5.92 Å². The van der Waals surface area contributed by atoms with Crippen LogP contribution in [0.1, 0.15) is 28.9 Å². The van der Waals surface area contributed by atoms with Crippen molar-refractivity contribution in [2.24, 2.45) is 11.7 Å². The summed E-state index contributed by atoms with van der Waals surface area (Å²) in [6.45, 7) is 1.80. The van der Waals surface area contributed by atoms with Crippen molar-refractivity contribution >= 4 is 29.0 Å². The van der Waals surface area contributed by atoms with E-state index in [1.807, 2.05) is 30.3 Å². The van der Waals surface area contributed by atoms with Crippen LogP contribution in [0.5, 0.6) is 0 Å². The van der Waals surface area contributed by atoms with Crippen molar-refractivity contribution in [1.29, 1.82) is 0 Å². The molecule has 0 saturated carbocycles. The predicted molar refractivity (Wildman–Crippen MR) is 83.3 cm³/mol. The van der Waals surface area contributed by atoms with Crippen LogP contribution < -0.4 is 5.73 Å². The fourth-order valence-corrected chi connectivity index (χ4v) is 2.46. The summed E-state index contributed by atoms with van der Waals surface area (Å²) in [5.41, 5.74) is 7.51. The summed E-state index contributed by atoms with van der Waals surface area (Å²) in [6, 6.07) is 14.2. The standard InChI is InChI=1S/C16H15Cl2NO/c1-10(15(19)11-6-3-2-4-7-11)16(20)12-8-5-9-13(17)14(12)18/h2-10,15H,19H2,1H3. The van der Waals surface area contributed by atoms with E-state index < -0.39 is 0 Å². The van der Waals surface area contributed by atoms with Crippen molar-refractivity contribution in [1.82, 2.24) is 0 Å². The molecule has 0 aliphatic carbocycles. The van der Waals surface area contributed by atoms with E-state index in [1.165, 1.54) is 0 Å². The van der Waals surface area contributed by atoms with Gasteiger partial charge in [-0.2, -0.15) is 0 Å². The highest BCUT2D eigenvalue weighted by atomic mass is 35.5. The zero-order valence-corrected chi connectivity index (χ0v) is 12.5. The lowest BCUT2D eigenvalue weighted by molar-refractivity contribution is 0.0913. The van der Waals surface area contributed by atoms with E-state index in [0.717, 1.165) is 5.56 Å². The molecule has 0 heterocycles. The van der Waals surface area contributed by atoms with Crippen molar-refractivity contribution in [2.45, 2.75) is 13.0 Å². The first-order chi connectivity index (χ1) is 9.52. The number of hydrogen-bond acceptors (Lipinski definition) is 2. The van der Waals surface area contributed by atoms with Crippen molar-refractivity contribution in [3.8, 4) is 0 Å². The van der Waals surface area contributed by atoms with Gasteiger partial charge in [0.05, 0.1) is 10.0 Å². The summed E-state index contributed by atoms with van der Waals surface area (Å²) in [6.07, 6.45) is 0. The van der Waals surface area contributed by atoms with E-state index in [1.54, 1.807) is 25.1 Å². The second kappa shape index (κ2) is 6.40. The van der Waals surface area contributed by atoms with Gasteiger partial charge in [0.1, 0.15) is 0 Å². The van der Waals surface area contributed by atoms with Crippen LogP contribution in [0.25, 0.3) is 0 Å². The highest BCUT2D eigenvalue weighted by Gasteiger charge is 2.25. The summed E-state index contributed by atoms with van der Waals surface area (Å²) < 4.78 is 0. The molecule has 0 bridgehead atoms. The minimum absolute atomic E-state index is 0.103. The number of nitrogens with two attached hydrogens (primary N) is 1. The number of rotatable bonds is 4. The Morgan fingerprint density at radius 2 is 1.70 bits per heavy atom. The molecule has 2 rings (SSSR count). The van der Waals surface area contributed by atoms with Gasteiger partial charge in [-0.1, -0.05) is 66.5 Å². The molecule has 2 unspecified atom stereocenters. The van der Waals surface area contributed by atoms with Gasteiger partial charge in [0.15, 0.2) is 5.78 Å². The number of ketones is 1. The molecular weight excluding hydrogens is 293 g/mol. The molecule has 2 atom stereocenters. The molecule has 2 N–H and O–H groups in total. The Morgan fingerprint density at radius 3 is 2.35 bits per heavy atom. The van der Waals surface area contributed by atoms with E-state index in [0.29, 0.717) is 10.6 Å². The molecule has 0 amide bonds. The van der Waals surface area contributed by atoms with Crippen LogP contribution in [-0.4, -0.2) is 5.78 Å². The zero-order chi connectivity index (χ0) is 14.7. The van der Waals surface area contributed by atoms with Crippen LogP contribution in [0.3, 0.4) is 0 Å². The minimum Gasteiger partial charge on any atom is -0.323 e.